The van der Waals surface area contributed by atoms with E-state index in [9.17, 15) is 9.59 Å². The minimum Gasteiger partial charge on any atom is -0.456 e. The van der Waals surface area contributed by atoms with Crippen LogP contribution in [-0.4, -0.2) is 42.8 Å². The fourth-order valence-corrected chi connectivity index (χ4v) is 8.18. The van der Waals surface area contributed by atoms with E-state index in [1.54, 1.807) is 0 Å². The molecule has 4 saturated carbocycles. The Morgan fingerprint density at radius 1 is 1.03 bits per heavy atom. The maximum absolute atomic E-state index is 12.7. The van der Waals surface area contributed by atoms with Crippen molar-refractivity contribution < 1.29 is 19.2 Å². The smallest absolute Gasteiger partial charge is 0.303 e. The summed E-state index contributed by atoms with van der Waals surface area (Å²) in [6.45, 7) is 7.98. The second-order valence-corrected chi connectivity index (χ2v) is 11.3. The van der Waals surface area contributed by atoms with Gasteiger partial charge in [-0.05, 0) is 74.7 Å². The number of nitrogens with zero attached hydrogens (tertiary/aromatic N) is 1. The van der Waals surface area contributed by atoms with E-state index < -0.39 is 0 Å². The largest absolute Gasteiger partial charge is 0.456 e. The molecule has 5 rings (SSSR count). The average molecular weight is 467 g/mol. The van der Waals surface area contributed by atoms with E-state index >= 15 is 0 Å². The molecule has 32 heavy (non-hydrogen) atoms. The number of rotatable bonds is 3. The molecule has 1 saturated heterocycles. The van der Waals surface area contributed by atoms with Crippen LogP contribution in [0.1, 0.15) is 78.6 Å². The van der Waals surface area contributed by atoms with Crippen molar-refractivity contribution >= 4 is 29.9 Å². The molecule has 1 aliphatic heterocycles. The Balaban J connectivity index is 0.00000245. The molecule has 0 spiro atoms. The minimum absolute atomic E-state index is 0. The van der Waals surface area contributed by atoms with Gasteiger partial charge in [-0.15, -0.1) is 12.4 Å². The van der Waals surface area contributed by atoms with E-state index in [2.05, 4.69) is 24.3 Å². The van der Waals surface area contributed by atoms with Crippen molar-refractivity contribution in [2.24, 2.45) is 39.7 Å². The number of halogens is 1. The Kier molecular flexibility index (Phi) is 6.68. The predicted molar refractivity (Wildman–Crippen MR) is 125 cm³/mol. The van der Waals surface area contributed by atoms with E-state index in [4.69, 9.17) is 9.57 Å². The van der Waals surface area contributed by atoms with Crippen molar-refractivity contribution in [2.45, 2.75) is 90.8 Å². The van der Waals surface area contributed by atoms with E-state index in [1.165, 1.54) is 6.92 Å². The summed E-state index contributed by atoms with van der Waals surface area (Å²) >= 11 is 0. The first-order chi connectivity index (χ1) is 14.8. The van der Waals surface area contributed by atoms with Crippen molar-refractivity contribution in [3.63, 3.8) is 0 Å². The molecule has 180 valence electrons. The van der Waals surface area contributed by atoms with Crippen molar-refractivity contribution in [1.29, 1.82) is 0 Å². The monoisotopic (exact) mass is 466 g/mol. The van der Waals surface area contributed by atoms with Gasteiger partial charge in [0.2, 0.25) is 0 Å². The molecule has 0 radical (unpaired) electrons. The maximum atomic E-state index is 12.7. The number of nitrogens with one attached hydrogen (secondary N) is 1. The van der Waals surface area contributed by atoms with Crippen LogP contribution in [-0.2, 0) is 19.2 Å². The third kappa shape index (κ3) is 3.79. The molecule has 5 aliphatic rings. The lowest BCUT2D eigenvalue weighted by Crippen LogP contribution is -2.58. The fourth-order valence-electron chi connectivity index (χ4n) is 8.18. The molecule has 0 aromatic heterocycles. The minimum atomic E-state index is -0.273. The molecular formula is C25H39ClN2O4. The summed E-state index contributed by atoms with van der Waals surface area (Å²) in [7, 11) is 0. The zero-order valence-corrected chi connectivity index (χ0v) is 20.5. The van der Waals surface area contributed by atoms with Crippen LogP contribution in [0.15, 0.2) is 5.16 Å². The zero-order valence-electron chi connectivity index (χ0n) is 19.7. The van der Waals surface area contributed by atoms with E-state index in [1.807, 2.05) is 0 Å². The van der Waals surface area contributed by atoms with Gasteiger partial charge < -0.3 is 14.9 Å². The molecule has 1 N–H and O–H groups in total. The van der Waals surface area contributed by atoms with Crippen molar-refractivity contribution in [3.8, 4) is 0 Å². The third-order valence-corrected chi connectivity index (χ3v) is 9.89. The summed E-state index contributed by atoms with van der Waals surface area (Å²) in [6.07, 6.45) is 8.88. The molecule has 0 aromatic carbocycles. The van der Waals surface area contributed by atoms with E-state index in [-0.39, 0.29) is 47.3 Å². The summed E-state index contributed by atoms with van der Waals surface area (Å²) in [5.74, 6) is 2.33. The van der Waals surface area contributed by atoms with Crippen LogP contribution in [0.3, 0.4) is 0 Å². The van der Waals surface area contributed by atoms with Gasteiger partial charge in [0, 0.05) is 37.6 Å². The lowest BCUT2D eigenvalue weighted by molar-refractivity contribution is -0.161. The summed E-state index contributed by atoms with van der Waals surface area (Å²) in [4.78, 5) is 30.6. The predicted octanol–water partition coefficient (Wildman–Crippen LogP) is 4.30. The molecule has 7 heteroatoms. The molecule has 2 unspecified atom stereocenters. The first-order valence-electron chi connectivity index (χ1n) is 12.5. The molecule has 1 heterocycles. The summed E-state index contributed by atoms with van der Waals surface area (Å²) in [5, 5.41) is 7.86. The molecule has 8 atom stereocenters. The van der Waals surface area contributed by atoms with Crippen LogP contribution in [0.5, 0.6) is 0 Å². The molecule has 5 fully saturated rings. The standard InChI is InChI=1S/C25H38N2O4.ClH/c1-15(28)30-23-20-5-4-17-18-6-7-22(29)25(18,3)11-8-19(17)24(20,2)12-9-21(23)27-31-16-10-13-26-14-16;/h16-20,23,26H,4-14H2,1-3H3;1H/b27-21+;/t16-,17+,18+,19-,20?,23?,24-,25+;/m1./s1. The van der Waals surface area contributed by atoms with Gasteiger partial charge in [0.15, 0.2) is 0 Å². The van der Waals surface area contributed by atoms with Crippen LogP contribution >= 0.6 is 12.4 Å². The van der Waals surface area contributed by atoms with Gasteiger partial charge in [-0.1, -0.05) is 19.0 Å². The first kappa shape index (κ1) is 24.0. The summed E-state index contributed by atoms with van der Waals surface area (Å²) in [5.41, 5.74) is 0.952. The van der Waals surface area contributed by atoms with Gasteiger partial charge in [0.25, 0.3) is 0 Å². The number of ether oxygens (including phenoxy) is 1. The highest BCUT2D eigenvalue weighted by Crippen LogP contribution is 2.65. The lowest BCUT2D eigenvalue weighted by Gasteiger charge is -2.60. The molecule has 0 aromatic rings. The molecule has 0 amide bonds. The van der Waals surface area contributed by atoms with Gasteiger partial charge in [0.1, 0.15) is 18.0 Å². The van der Waals surface area contributed by atoms with Gasteiger partial charge in [-0.3, -0.25) is 9.59 Å². The van der Waals surface area contributed by atoms with Crippen LogP contribution in [0.2, 0.25) is 0 Å². The molecule has 4 aliphatic carbocycles. The third-order valence-electron chi connectivity index (χ3n) is 9.89. The number of oxime groups is 1. The number of esters is 1. The highest BCUT2D eigenvalue weighted by atomic mass is 35.5. The highest BCUT2D eigenvalue weighted by Gasteiger charge is 2.62. The second-order valence-electron chi connectivity index (χ2n) is 11.3. The average Bonchev–Trinajstić information content (AvgIpc) is 3.35. The van der Waals surface area contributed by atoms with Crippen LogP contribution < -0.4 is 5.32 Å². The first-order valence-corrected chi connectivity index (χ1v) is 12.5. The number of carbonyl (C=O) groups is 2. The van der Waals surface area contributed by atoms with E-state index in [0.29, 0.717) is 23.5 Å². The van der Waals surface area contributed by atoms with Crippen LogP contribution in [0.4, 0.5) is 0 Å². The van der Waals surface area contributed by atoms with Gasteiger partial charge >= 0.3 is 5.97 Å². The Morgan fingerprint density at radius 3 is 2.56 bits per heavy atom. The van der Waals surface area contributed by atoms with Gasteiger partial charge in [-0.2, -0.15) is 0 Å². The Morgan fingerprint density at radius 2 is 1.84 bits per heavy atom. The SMILES string of the molecule is CC(=O)OC1/C(=N/O[C@@H]2CCNC2)CC[C@@]2(C)C1CC[C@@H]1[C@H]2CC[C@]2(C)C(=O)CC[C@@H]12.Cl. The van der Waals surface area contributed by atoms with Crippen LogP contribution in [0.25, 0.3) is 0 Å². The topological polar surface area (TPSA) is 77.0 Å². The highest BCUT2D eigenvalue weighted by molar-refractivity contribution is 5.91. The summed E-state index contributed by atoms with van der Waals surface area (Å²) in [6, 6.07) is 0. The Hall–Kier alpha value is -1.14. The molecule has 6 nitrogen and oxygen atoms in total. The van der Waals surface area contributed by atoms with Crippen molar-refractivity contribution in [3.05, 3.63) is 0 Å². The zero-order chi connectivity index (χ0) is 21.8. The number of Topliss-reactive ketones (excluding diaryl/α,β-unsaturated/α-hetero) is 1. The van der Waals surface area contributed by atoms with E-state index in [0.717, 1.165) is 76.6 Å². The second kappa shape index (κ2) is 8.90. The van der Waals surface area contributed by atoms with Crippen molar-refractivity contribution in [1.82, 2.24) is 5.32 Å². The van der Waals surface area contributed by atoms with Crippen LogP contribution in [0, 0.1) is 34.5 Å². The summed E-state index contributed by atoms with van der Waals surface area (Å²) < 4.78 is 5.94. The molecule has 0 bridgehead atoms. The normalized spacial score (nSPS) is 46.6. The number of fused-ring (bicyclic) bond motifs is 5. The Bertz CT molecular complexity index is 782. The molecular weight excluding hydrogens is 428 g/mol. The fraction of sp³-hybridized carbons (Fsp3) is 0.880. The number of ketones is 1. The Labute approximate surface area is 198 Å². The maximum Gasteiger partial charge on any atom is 0.303 e. The number of hydrogen-bond acceptors (Lipinski definition) is 6. The number of hydrogen-bond donors (Lipinski definition) is 1. The quantitative estimate of drug-likeness (QED) is 0.495. The number of carbonyl (C=O) groups excluding carboxylic acids is 2. The van der Waals surface area contributed by atoms with Crippen molar-refractivity contribution in [2.75, 3.05) is 13.1 Å². The van der Waals surface area contributed by atoms with Gasteiger partial charge in [-0.25, -0.2) is 0 Å². The lowest BCUT2D eigenvalue weighted by atomic mass is 9.45. The van der Waals surface area contributed by atoms with Gasteiger partial charge in [0.05, 0.1) is 5.71 Å².